The fourth-order valence-electron chi connectivity index (χ4n) is 2.99. The van der Waals surface area contributed by atoms with E-state index >= 15 is 0 Å². The molecular formula is C22H36N2O3. The minimum atomic E-state index is -0.0930. The molecular weight excluding hydrogens is 340 g/mol. The first-order valence-corrected chi connectivity index (χ1v) is 10.4. The molecule has 0 fully saturated rings. The summed E-state index contributed by atoms with van der Waals surface area (Å²) in [6.07, 6.45) is 15.8. The van der Waals surface area contributed by atoms with E-state index in [0.29, 0.717) is 17.7 Å². The lowest BCUT2D eigenvalue weighted by atomic mass is 10.1. The number of para-hydroxylation sites is 1. The maximum atomic E-state index is 11.8. The molecule has 0 aliphatic carbocycles. The number of ether oxygens (including phenoxy) is 1. The van der Waals surface area contributed by atoms with Crippen LogP contribution in [-0.4, -0.2) is 24.3 Å². The molecule has 5 heteroatoms. The molecule has 0 spiro atoms. The van der Waals surface area contributed by atoms with Crippen molar-refractivity contribution in [3.8, 4) is 11.5 Å². The van der Waals surface area contributed by atoms with Crippen LogP contribution in [0.2, 0.25) is 0 Å². The second-order valence-corrected chi connectivity index (χ2v) is 6.98. The van der Waals surface area contributed by atoms with Gasteiger partial charge in [-0.3, -0.25) is 4.79 Å². The number of aromatic hydroxyl groups is 1. The normalized spacial score (nSPS) is 11.0. The second kappa shape index (κ2) is 15.1. The lowest BCUT2D eigenvalue weighted by Crippen LogP contribution is -2.16. The first kappa shape index (κ1) is 23.0. The Morgan fingerprint density at radius 1 is 1.04 bits per heavy atom. The van der Waals surface area contributed by atoms with Crippen molar-refractivity contribution >= 4 is 12.1 Å². The molecule has 5 nitrogen and oxygen atoms in total. The van der Waals surface area contributed by atoms with Crippen molar-refractivity contribution in [2.75, 3.05) is 7.11 Å². The Kier molecular flexibility index (Phi) is 12.8. The molecule has 1 aromatic carbocycles. The number of nitrogens with one attached hydrogen (secondary N) is 1. The number of hydrogen-bond donors (Lipinski definition) is 2. The van der Waals surface area contributed by atoms with E-state index in [2.05, 4.69) is 17.5 Å². The van der Waals surface area contributed by atoms with Gasteiger partial charge in [0.2, 0.25) is 5.91 Å². The Morgan fingerprint density at radius 3 is 2.22 bits per heavy atom. The van der Waals surface area contributed by atoms with Crippen LogP contribution in [0.4, 0.5) is 0 Å². The van der Waals surface area contributed by atoms with E-state index in [1.54, 1.807) is 18.2 Å². The summed E-state index contributed by atoms with van der Waals surface area (Å²) in [5, 5.41) is 13.8. The monoisotopic (exact) mass is 376 g/mol. The van der Waals surface area contributed by atoms with Gasteiger partial charge in [0, 0.05) is 12.0 Å². The molecule has 1 amide bonds. The van der Waals surface area contributed by atoms with Crippen LogP contribution in [-0.2, 0) is 4.79 Å². The minimum Gasteiger partial charge on any atom is -0.504 e. The molecule has 27 heavy (non-hydrogen) atoms. The Hall–Kier alpha value is -2.04. The van der Waals surface area contributed by atoms with Crippen molar-refractivity contribution in [2.45, 2.75) is 84.0 Å². The van der Waals surface area contributed by atoms with Gasteiger partial charge in [-0.15, -0.1) is 0 Å². The van der Waals surface area contributed by atoms with Gasteiger partial charge in [0.1, 0.15) is 0 Å². The molecule has 0 saturated carbocycles. The van der Waals surface area contributed by atoms with E-state index in [4.69, 9.17) is 4.74 Å². The first-order valence-electron chi connectivity index (χ1n) is 10.4. The minimum absolute atomic E-state index is 0.0170. The third-order valence-electron chi connectivity index (χ3n) is 4.65. The number of carbonyl (C=O) groups is 1. The third-order valence-corrected chi connectivity index (χ3v) is 4.65. The maximum Gasteiger partial charge on any atom is 0.240 e. The molecule has 0 heterocycles. The number of nitrogens with zero attached hydrogens (tertiary/aromatic N) is 1. The van der Waals surface area contributed by atoms with E-state index in [-0.39, 0.29) is 11.7 Å². The largest absolute Gasteiger partial charge is 0.504 e. The zero-order chi connectivity index (χ0) is 19.7. The van der Waals surface area contributed by atoms with Crippen LogP contribution >= 0.6 is 0 Å². The van der Waals surface area contributed by atoms with Crippen LogP contribution in [0.5, 0.6) is 11.5 Å². The summed E-state index contributed by atoms with van der Waals surface area (Å²) in [7, 11) is 1.49. The van der Waals surface area contributed by atoms with Crippen molar-refractivity contribution in [2.24, 2.45) is 5.10 Å². The summed E-state index contributed by atoms with van der Waals surface area (Å²) in [6.45, 7) is 2.25. The van der Waals surface area contributed by atoms with E-state index in [1.165, 1.54) is 71.1 Å². The number of benzene rings is 1. The van der Waals surface area contributed by atoms with Gasteiger partial charge in [-0.1, -0.05) is 77.2 Å². The molecule has 0 aliphatic rings. The fraction of sp³-hybridized carbons (Fsp3) is 0.636. The number of unbranched alkanes of at least 4 members (excludes halogenated alkanes) is 10. The van der Waals surface area contributed by atoms with Crippen molar-refractivity contribution in [1.82, 2.24) is 5.43 Å². The Morgan fingerprint density at radius 2 is 1.63 bits per heavy atom. The number of amides is 1. The molecule has 152 valence electrons. The van der Waals surface area contributed by atoms with E-state index in [0.717, 1.165) is 12.8 Å². The van der Waals surface area contributed by atoms with Gasteiger partial charge in [-0.05, 0) is 18.6 Å². The van der Waals surface area contributed by atoms with Gasteiger partial charge >= 0.3 is 0 Å². The molecule has 0 unspecified atom stereocenters. The molecule has 1 rings (SSSR count). The number of phenolic OH excluding ortho intramolecular Hbond substituents is 1. The molecule has 0 radical (unpaired) electrons. The summed E-state index contributed by atoms with van der Waals surface area (Å²) >= 11 is 0. The van der Waals surface area contributed by atoms with Crippen molar-refractivity contribution in [1.29, 1.82) is 0 Å². The summed E-state index contributed by atoms with van der Waals surface area (Å²) in [6, 6.07) is 5.13. The van der Waals surface area contributed by atoms with Crippen LogP contribution < -0.4 is 10.2 Å². The van der Waals surface area contributed by atoms with Crippen molar-refractivity contribution in [3.63, 3.8) is 0 Å². The topological polar surface area (TPSA) is 70.9 Å². The van der Waals surface area contributed by atoms with Gasteiger partial charge in [0.15, 0.2) is 11.5 Å². The second-order valence-electron chi connectivity index (χ2n) is 6.98. The Balaban J connectivity index is 2.05. The number of carbonyl (C=O) groups excluding carboxylic acids is 1. The number of hydrogen-bond acceptors (Lipinski definition) is 4. The van der Waals surface area contributed by atoms with E-state index < -0.39 is 0 Å². The van der Waals surface area contributed by atoms with Gasteiger partial charge < -0.3 is 9.84 Å². The molecule has 0 aliphatic heterocycles. The standard InChI is InChI=1S/C22H36N2O3/c1-3-4-5-6-7-8-9-10-11-12-13-17-21(25)24-23-18-19-15-14-16-20(27-2)22(19)26/h14-16,18,26H,3-13,17H2,1-2H3,(H,24,25). The van der Waals surface area contributed by atoms with E-state index in [1.807, 2.05) is 0 Å². The third kappa shape index (κ3) is 10.6. The molecule has 0 saturated heterocycles. The van der Waals surface area contributed by atoms with Gasteiger partial charge in [0.25, 0.3) is 0 Å². The lowest BCUT2D eigenvalue weighted by molar-refractivity contribution is -0.121. The molecule has 0 aromatic heterocycles. The number of rotatable bonds is 15. The highest BCUT2D eigenvalue weighted by Crippen LogP contribution is 2.27. The van der Waals surface area contributed by atoms with Crippen LogP contribution in [0.25, 0.3) is 0 Å². The SMILES string of the molecule is CCCCCCCCCCCCCC(=O)NN=Cc1cccc(OC)c1O. The highest BCUT2D eigenvalue weighted by Gasteiger charge is 2.05. The first-order chi connectivity index (χ1) is 13.2. The quantitative estimate of drug-likeness (QED) is 0.239. The smallest absolute Gasteiger partial charge is 0.240 e. The average Bonchev–Trinajstić information content (AvgIpc) is 2.67. The van der Waals surface area contributed by atoms with Gasteiger partial charge in [-0.25, -0.2) is 5.43 Å². The maximum absolute atomic E-state index is 11.8. The summed E-state index contributed by atoms with van der Waals surface area (Å²) in [5.74, 6) is 0.305. The average molecular weight is 377 g/mol. The summed E-state index contributed by atoms with van der Waals surface area (Å²) in [4.78, 5) is 11.8. The predicted octanol–water partition coefficient (Wildman–Crippen LogP) is 5.55. The van der Waals surface area contributed by atoms with Gasteiger partial charge in [0.05, 0.1) is 13.3 Å². The number of hydrazone groups is 1. The highest BCUT2D eigenvalue weighted by molar-refractivity contribution is 5.86. The molecule has 2 N–H and O–H groups in total. The molecule has 0 atom stereocenters. The fourth-order valence-corrected chi connectivity index (χ4v) is 2.99. The van der Waals surface area contributed by atoms with Crippen LogP contribution in [0.1, 0.15) is 89.5 Å². The number of methoxy groups -OCH3 is 1. The highest BCUT2D eigenvalue weighted by atomic mass is 16.5. The lowest BCUT2D eigenvalue weighted by Gasteiger charge is -2.05. The zero-order valence-corrected chi connectivity index (χ0v) is 17.0. The summed E-state index contributed by atoms with van der Waals surface area (Å²) < 4.78 is 5.04. The predicted molar refractivity (Wildman–Crippen MR) is 111 cm³/mol. The molecule has 0 bridgehead atoms. The molecule has 1 aromatic rings. The van der Waals surface area contributed by atoms with Crippen LogP contribution in [0.3, 0.4) is 0 Å². The van der Waals surface area contributed by atoms with Gasteiger partial charge in [-0.2, -0.15) is 5.10 Å². The van der Waals surface area contributed by atoms with Crippen LogP contribution in [0, 0.1) is 0 Å². The zero-order valence-electron chi connectivity index (χ0n) is 17.0. The number of phenols is 1. The van der Waals surface area contributed by atoms with E-state index in [9.17, 15) is 9.90 Å². The van der Waals surface area contributed by atoms with Crippen molar-refractivity contribution in [3.05, 3.63) is 23.8 Å². The summed E-state index contributed by atoms with van der Waals surface area (Å²) in [5.41, 5.74) is 3.01. The van der Waals surface area contributed by atoms with Crippen molar-refractivity contribution < 1.29 is 14.6 Å². The van der Waals surface area contributed by atoms with Crippen LogP contribution in [0.15, 0.2) is 23.3 Å². The Labute approximate surface area is 164 Å². The Bertz CT molecular complexity index is 558.